The highest BCUT2D eigenvalue weighted by molar-refractivity contribution is 14.1. The molecule has 0 aromatic heterocycles. The first-order valence-electron chi connectivity index (χ1n) is 4.85. The van der Waals surface area contributed by atoms with E-state index in [1.807, 2.05) is 6.07 Å². The summed E-state index contributed by atoms with van der Waals surface area (Å²) in [6, 6.07) is 8.40. The third-order valence-electron chi connectivity index (χ3n) is 2.29. The third kappa shape index (κ3) is 3.17. The Kier molecular flexibility index (Phi) is 3.58. The number of halogens is 1. The molecule has 1 aliphatic heterocycles. The maximum atomic E-state index is 11.1. The molecule has 1 aliphatic rings. The molecule has 1 aromatic carbocycles. The number of carbonyl (C=O) groups is 1. The number of hydrogen-bond acceptors (Lipinski definition) is 2. The van der Waals surface area contributed by atoms with E-state index in [0.29, 0.717) is 6.61 Å². The Balaban J connectivity index is 1.99. The number of benzene rings is 1. The van der Waals surface area contributed by atoms with Gasteiger partial charge in [0.2, 0.25) is 5.91 Å². The van der Waals surface area contributed by atoms with E-state index in [1.54, 1.807) is 0 Å². The normalized spacial score (nSPS) is 21.1. The van der Waals surface area contributed by atoms with Gasteiger partial charge in [-0.15, -0.1) is 0 Å². The molecule has 1 N–H and O–H groups in total. The van der Waals surface area contributed by atoms with Crippen LogP contribution in [0.4, 0.5) is 0 Å². The van der Waals surface area contributed by atoms with Crippen molar-refractivity contribution in [2.75, 3.05) is 13.2 Å². The van der Waals surface area contributed by atoms with Crippen molar-refractivity contribution in [1.29, 1.82) is 0 Å². The van der Waals surface area contributed by atoms with E-state index in [-0.39, 0.29) is 18.6 Å². The van der Waals surface area contributed by atoms with E-state index >= 15 is 0 Å². The van der Waals surface area contributed by atoms with Gasteiger partial charge in [0.15, 0.2) is 0 Å². The maximum absolute atomic E-state index is 11.1. The lowest BCUT2D eigenvalue weighted by atomic mass is 10.1. The summed E-state index contributed by atoms with van der Waals surface area (Å²) in [4.78, 5) is 11.1. The summed E-state index contributed by atoms with van der Waals surface area (Å²) in [5.74, 6) is -0.0168. The summed E-state index contributed by atoms with van der Waals surface area (Å²) in [5, 5.41) is 2.92. The Morgan fingerprint density at radius 2 is 2.40 bits per heavy atom. The molecule has 15 heavy (non-hydrogen) atoms. The van der Waals surface area contributed by atoms with Crippen LogP contribution in [-0.2, 0) is 16.0 Å². The Bertz CT molecular complexity index is 367. The minimum Gasteiger partial charge on any atom is -0.369 e. The van der Waals surface area contributed by atoms with Crippen LogP contribution in [0.3, 0.4) is 0 Å². The van der Waals surface area contributed by atoms with Gasteiger partial charge in [-0.05, 0) is 46.7 Å². The number of nitrogens with one attached hydrogen (secondary N) is 1. The SMILES string of the molecule is O=C1COC[C@H](Cc2cccc(I)c2)N1. The fourth-order valence-electron chi connectivity index (χ4n) is 1.66. The maximum Gasteiger partial charge on any atom is 0.246 e. The van der Waals surface area contributed by atoms with Crippen LogP contribution in [0.1, 0.15) is 5.56 Å². The van der Waals surface area contributed by atoms with Crippen LogP contribution in [0.25, 0.3) is 0 Å². The lowest BCUT2D eigenvalue weighted by molar-refractivity contribution is -0.131. The predicted octanol–water partition coefficient (Wildman–Crippen LogP) is 1.35. The fraction of sp³-hybridized carbons (Fsp3) is 0.364. The minimum atomic E-state index is -0.0168. The predicted molar refractivity (Wildman–Crippen MR) is 65.6 cm³/mol. The van der Waals surface area contributed by atoms with Crippen molar-refractivity contribution >= 4 is 28.5 Å². The van der Waals surface area contributed by atoms with Crippen LogP contribution in [-0.4, -0.2) is 25.2 Å². The van der Waals surface area contributed by atoms with Crippen molar-refractivity contribution in [3.8, 4) is 0 Å². The van der Waals surface area contributed by atoms with Gasteiger partial charge >= 0.3 is 0 Å². The zero-order valence-electron chi connectivity index (χ0n) is 8.20. The van der Waals surface area contributed by atoms with Crippen molar-refractivity contribution in [1.82, 2.24) is 5.32 Å². The van der Waals surface area contributed by atoms with Crippen LogP contribution in [0, 0.1) is 3.57 Å². The molecule has 0 bridgehead atoms. The lowest BCUT2D eigenvalue weighted by Crippen LogP contribution is -2.46. The standard InChI is InChI=1S/C11H12INO2/c12-9-3-1-2-8(4-9)5-10-6-15-7-11(14)13-10/h1-4,10H,5-7H2,(H,13,14)/t10-/m0/s1. The molecule has 1 fully saturated rings. The largest absolute Gasteiger partial charge is 0.369 e. The molecule has 0 unspecified atom stereocenters. The second-order valence-corrected chi connectivity index (χ2v) is 4.86. The fourth-order valence-corrected chi connectivity index (χ4v) is 2.27. The Labute approximate surface area is 102 Å². The zero-order chi connectivity index (χ0) is 10.7. The minimum absolute atomic E-state index is 0.0168. The van der Waals surface area contributed by atoms with Crippen molar-refractivity contribution in [2.24, 2.45) is 0 Å². The Morgan fingerprint density at radius 1 is 1.53 bits per heavy atom. The van der Waals surface area contributed by atoms with E-state index in [4.69, 9.17) is 4.74 Å². The average molecular weight is 317 g/mol. The van der Waals surface area contributed by atoms with Crippen molar-refractivity contribution < 1.29 is 9.53 Å². The quantitative estimate of drug-likeness (QED) is 0.836. The van der Waals surface area contributed by atoms with Gasteiger partial charge in [0.05, 0.1) is 12.6 Å². The second kappa shape index (κ2) is 4.94. The molecule has 4 heteroatoms. The van der Waals surface area contributed by atoms with Gasteiger partial charge in [-0.2, -0.15) is 0 Å². The molecular weight excluding hydrogens is 305 g/mol. The second-order valence-electron chi connectivity index (χ2n) is 3.61. The van der Waals surface area contributed by atoms with Gasteiger partial charge in [0, 0.05) is 3.57 Å². The number of amides is 1. The molecule has 1 heterocycles. The van der Waals surface area contributed by atoms with Gasteiger partial charge in [-0.25, -0.2) is 0 Å². The van der Waals surface area contributed by atoms with Crippen molar-refractivity contribution in [2.45, 2.75) is 12.5 Å². The molecule has 3 nitrogen and oxygen atoms in total. The highest BCUT2D eigenvalue weighted by atomic mass is 127. The van der Waals surface area contributed by atoms with Gasteiger partial charge in [-0.1, -0.05) is 12.1 Å². The number of rotatable bonds is 2. The molecule has 2 rings (SSSR count). The summed E-state index contributed by atoms with van der Waals surface area (Å²) in [6.45, 7) is 0.806. The van der Waals surface area contributed by atoms with E-state index in [0.717, 1.165) is 6.42 Å². The van der Waals surface area contributed by atoms with Crippen molar-refractivity contribution in [3.63, 3.8) is 0 Å². The number of hydrogen-bond donors (Lipinski definition) is 1. The molecular formula is C11H12INO2. The first-order chi connectivity index (χ1) is 7.24. The summed E-state index contributed by atoms with van der Waals surface area (Å²) in [5.41, 5.74) is 1.23. The molecule has 1 amide bonds. The highest BCUT2D eigenvalue weighted by Crippen LogP contribution is 2.10. The van der Waals surface area contributed by atoms with Gasteiger partial charge in [-0.3, -0.25) is 4.79 Å². The van der Waals surface area contributed by atoms with Gasteiger partial charge < -0.3 is 10.1 Å². The Hall–Kier alpha value is -0.620. The van der Waals surface area contributed by atoms with Crippen molar-refractivity contribution in [3.05, 3.63) is 33.4 Å². The lowest BCUT2D eigenvalue weighted by Gasteiger charge is -2.23. The van der Waals surface area contributed by atoms with E-state index in [2.05, 4.69) is 46.1 Å². The molecule has 0 aliphatic carbocycles. The third-order valence-corrected chi connectivity index (χ3v) is 2.96. The Morgan fingerprint density at radius 3 is 3.13 bits per heavy atom. The van der Waals surface area contributed by atoms with Crippen LogP contribution < -0.4 is 5.32 Å². The molecule has 1 atom stereocenters. The first kappa shape index (κ1) is 10.9. The molecule has 1 aromatic rings. The molecule has 0 saturated carbocycles. The van der Waals surface area contributed by atoms with Crippen LogP contribution in [0.15, 0.2) is 24.3 Å². The van der Waals surface area contributed by atoms with Crippen LogP contribution in [0.2, 0.25) is 0 Å². The van der Waals surface area contributed by atoms with Crippen LogP contribution in [0.5, 0.6) is 0 Å². The number of carbonyl (C=O) groups excluding carboxylic acids is 1. The molecule has 0 spiro atoms. The van der Waals surface area contributed by atoms with E-state index in [1.165, 1.54) is 9.13 Å². The summed E-state index contributed by atoms with van der Waals surface area (Å²) < 4.78 is 6.40. The molecule has 0 radical (unpaired) electrons. The average Bonchev–Trinajstić information content (AvgIpc) is 2.17. The van der Waals surface area contributed by atoms with E-state index < -0.39 is 0 Å². The summed E-state index contributed by atoms with van der Waals surface area (Å²) in [6.07, 6.45) is 0.836. The number of ether oxygens (including phenoxy) is 1. The van der Waals surface area contributed by atoms with Gasteiger partial charge in [0.1, 0.15) is 6.61 Å². The first-order valence-corrected chi connectivity index (χ1v) is 5.93. The summed E-state index contributed by atoms with van der Waals surface area (Å²) in [7, 11) is 0. The molecule has 80 valence electrons. The van der Waals surface area contributed by atoms with Crippen LogP contribution >= 0.6 is 22.6 Å². The zero-order valence-corrected chi connectivity index (χ0v) is 10.4. The topological polar surface area (TPSA) is 38.3 Å². The van der Waals surface area contributed by atoms with E-state index in [9.17, 15) is 4.79 Å². The summed E-state index contributed by atoms with van der Waals surface area (Å²) >= 11 is 2.29. The highest BCUT2D eigenvalue weighted by Gasteiger charge is 2.18. The molecule has 1 saturated heterocycles. The smallest absolute Gasteiger partial charge is 0.246 e. The van der Waals surface area contributed by atoms with Gasteiger partial charge in [0.25, 0.3) is 0 Å². The monoisotopic (exact) mass is 317 g/mol. The number of morpholine rings is 1.